The number of urea groups is 1. The fourth-order valence-electron chi connectivity index (χ4n) is 3.47. The smallest absolute Gasteiger partial charge is 0.315 e. The number of hydrogen-bond acceptors (Lipinski definition) is 2. The lowest BCUT2D eigenvalue weighted by molar-refractivity contribution is 0.237. The van der Waals surface area contributed by atoms with E-state index >= 15 is 0 Å². The van der Waals surface area contributed by atoms with Crippen molar-refractivity contribution in [3.63, 3.8) is 0 Å². The molecule has 1 aliphatic rings. The van der Waals surface area contributed by atoms with E-state index in [0.717, 1.165) is 32.4 Å². The molecule has 0 spiro atoms. The number of carbonyl (C=O) groups excluding carboxylic acids is 1. The Hall–Kier alpha value is -2.07. The first-order valence-corrected chi connectivity index (χ1v) is 10.4. The van der Waals surface area contributed by atoms with Gasteiger partial charge < -0.3 is 16.0 Å². The van der Waals surface area contributed by atoms with Crippen LogP contribution in [0.1, 0.15) is 56.9 Å². The second-order valence-electron chi connectivity index (χ2n) is 7.25. The van der Waals surface area contributed by atoms with Crippen molar-refractivity contribution >= 4 is 6.03 Å². The van der Waals surface area contributed by atoms with Crippen LogP contribution in [0.4, 0.5) is 4.79 Å². The Labute approximate surface area is 164 Å². The van der Waals surface area contributed by atoms with Crippen molar-refractivity contribution in [3.8, 4) is 0 Å². The minimum Gasteiger partial charge on any atom is -0.338 e. The van der Waals surface area contributed by atoms with Crippen molar-refractivity contribution in [3.05, 3.63) is 60.2 Å². The lowest BCUT2D eigenvalue weighted by Crippen LogP contribution is -2.43. The van der Waals surface area contributed by atoms with Crippen LogP contribution >= 0.6 is 0 Å². The van der Waals surface area contributed by atoms with E-state index in [1.807, 2.05) is 18.2 Å². The van der Waals surface area contributed by atoms with Crippen molar-refractivity contribution < 1.29 is 4.79 Å². The highest BCUT2D eigenvalue weighted by atomic mass is 16.2. The first-order chi connectivity index (χ1) is 13.3. The highest BCUT2D eigenvalue weighted by Gasteiger charge is 2.16. The largest absolute Gasteiger partial charge is 0.338 e. The van der Waals surface area contributed by atoms with Crippen molar-refractivity contribution in [2.24, 2.45) is 0 Å². The van der Waals surface area contributed by atoms with Crippen LogP contribution in [0.5, 0.6) is 0 Å². The molecule has 2 rings (SSSR count). The molecule has 2 atom stereocenters. The molecule has 1 heterocycles. The molecule has 148 valence electrons. The van der Waals surface area contributed by atoms with Gasteiger partial charge in [0, 0.05) is 19.1 Å². The molecule has 0 bridgehead atoms. The van der Waals surface area contributed by atoms with Gasteiger partial charge in [0.15, 0.2) is 0 Å². The van der Waals surface area contributed by atoms with Gasteiger partial charge in [0.2, 0.25) is 0 Å². The van der Waals surface area contributed by atoms with E-state index < -0.39 is 0 Å². The first-order valence-electron chi connectivity index (χ1n) is 10.4. The molecular formula is C23H35N3O. The molecule has 1 fully saturated rings. The molecule has 1 aromatic carbocycles. The second-order valence-corrected chi connectivity index (χ2v) is 7.25. The first kappa shape index (κ1) is 21.2. The minimum absolute atomic E-state index is 0.0422. The maximum atomic E-state index is 12.1. The van der Waals surface area contributed by atoms with Crippen LogP contribution in [0.15, 0.2) is 54.6 Å². The van der Waals surface area contributed by atoms with Gasteiger partial charge in [-0.15, -0.1) is 0 Å². The van der Waals surface area contributed by atoms with Crippen molar-refractivity contribution in [1.29, 1.82) is 0 Å². The van der Waals surface area contributed by atoms with E-state index in [1.165, 1.54) is 24.8 Å². The summed E-state index contributed by atoms with van der Waals surface area (Å²) in [5.41, 5.74) is 1.34. The van der Waals surface area contributed by atoms with Crippen LogP contribution < -0.4 is 16.0 Å². The van der Waals surface area contributed by atoms with Gasteiger partial charge >= 0.3 is 6.03 Å². The molecule has 4 nitrogen and oxygen atoms in total. The number of carbonyl (C=O) groups is 1. The highest BCUT2D eigenvalue weighted by Crippen LogP contribution is 2.24. The quantitative estimate of drug-likeness (QED) is 0.560. The Morgan fingerprint density at radius 3 is 2.41 bits per heavy atom. The van der Waals surface area contributed by atoms with E-state index in [-0.39, 0.29) is 12.1 Å². The Kier molecular flexibility index (Phi) is 10.3. The van der Waals surface area contributed by atoms with Gasteiger partial charge in [0.1, 0.15) is 0 Å². The van der Waals surface area contributed by atoms with Crippen molar-refractivity contribution in [1.82, 2.24) is 16.0 Å². The van der Waals surface area contributed by atoms with Gasteiger partial charge in [-0.25, -0.2) is 4.79 Å². The summed E-state index contributed by atoms with van der Waals surface area (Å²) >= 11 is 0. The van der Waals surface area contributed by atoms with Gasteiger partial charge in [-0.1, -0.05) is 80.8 Å². The third-order valence-electron chi connectivity index (χ3n) is 5.05. The summed E-state index contributed by atoms with van der Waals surface area (Å²) < 4.78 is 0. The Balaban J connectivity index is 1.93. The summed E-state index contributed by atoms with van der Waals surface area (Å²) in [6, 6.07) is 19.1. The molecule has 2 amide bonds. The maximum Gasteiger partial charge on any atom is 0.315 e. The van der Waals surface area contributed by atoms with Gasteiger partial charge in [-0.3, -0.25) is 0 Å². The predicted molar refractivity (Wildman–Crippen MR) is 113 cm³/mol. The Morgan fingerprint density at radius 1 is 1.07 bits per heavy atom. The maximum absolute atomic E-state index is 12.1. The van der Waals surface area contributed by atoms with E-state index in [1.54, 1.807) is 0 Å². The number of nitrogens with one attached hydrogen (secondary N) is 3. The minimum atomic E-state index is -0.0422. The second kappa shape index (κ2) is 13.2. The van der Waals surface area contributed by atoms with E-state index in [9.17, 15) is 4.79 Å². The Morgan fingerprint density at radius 2 is 1.78 bits per heavy atom. The lowest BCUT2D eigenvalue weighted by Gasteiger charge is -2.18. The monoisotopic (exact) mass is 369 g/mol. The fraction of sp³-hybridized carbons (Fsp3) is 0.522. The summed E-state index contributed by atoms with van der Waals surface area (Å²) in [5.74, 6) is 0.461. The van der Waals surface area contributed by atoms with Crippen LogP contribution in [0, 0.1) is 0 Å². The molecule has 1 saturated heterocycles. The van der Waals surface area contributed by atoms with Crippen LogP contribution in [-0.4, -0.2) is 31.7 Å². The predicted octanol–water partition coefficient (Wildman–Crippen LogP) is 4.53. The average molecular weight is 370 g/mol. The normalized spacial score (nSPS) is 17.0. The number of rotatable bonds is 9. The zero-order valence-corrected chi connectivity index (χ0v) is 16.6. The van der Waals surface area contributed by atoms with Crippen LogP contribution in [0.25, 0.3) is 0 Å². The molecular weight excluding hydrogens is 334 g/mol. The topological polar surface area (TPSA) is 53.2 Å². The van der Waals surface area contributed by atoms with Gasteiger partial charge in [0.25, 0.3) is 0 Å². The SMILES string of the molecule is CCCCCC(CCNC(=O)N[C@@H]1CCNC1)c1ccccccccc1. The molecule has 0 aromatic heterocycles. The van der Waals surface area contributed by atoms with Crippen molar-refractivity contribution in [2.75, 3.05) is 19.6 Å². The summed E-state index contributed by atoms with van der Waals surface area (Å²) in [4.78, 5) is 12.1. The van der Waals surface area contributed by atoms with E-state index in [0.29, 0.717) is 12.5 Å². The number of amides is 2. The lowest BCUT2D eigenvalue weighted by atomic mass is 9.91. The number of unbranched alkanes of at least 4 members (excludes halogenated alkanes) is 2. The van der Waals surface area contributed by atoms with E-state index in [4.69, 9.17) is 0 Å². The highest BCUT2D eigenvalue weighted by molar-refractivity contribution is 5.74. The van der Waals surface area contributed by atoms with E-state index in [2.05, 4.69) is 59.3 Å². The zero-order chi connectivity index (χ0) is 19.2. The summed E-state index contributed by atoms with van der Waals surface area (Å²) in [6.07, 6.45) is 6.85. The molecule has 3 N–H and O–H groups in total. The average Bonchev–Trinajstić information content (AvgIpc) is 3.18. The third kappa shape index (κ3) is 8.91. The molecule has 1 aliphatic heterocycles. The Bertz CT molecular complexity index is 573. The van der Waals surface area contributed by atoms with Crippen LogP contribution in [0.3, 0.4) is 0 Å². The molecule has 0 saturated carbocycles. The fourth-order valence-corrected chi connectivity index (χ4v) is 3.47. The van der Waals surface area contributed by atoms with Gasteiger partial charge in [-0.05, 0) is 37.3 Å². The molecule has 1 aromatic rings. The standard InChI is InChI=1S/C23H35N3O/c1-2-3-9-12-21(20-13-10-7-5-4-6-8-11-14-20)15-18-25-23(27)26-22-16-17-24-19-22/h4-8,10-11,13-14,21-22,24H,2-3,9,12,15-19H2,1H3,(H2,25,26,27)/t21?,22-/m1/s1. The zero-order valence-electron chi connectivity index (χ0n) is 16.6. The van der Waals surface area contributed by atoms with Crippen LogP contribution in [-0.2, 0) is 0 Å². The third-order valence-corrected chi connectivity index (χ3v) is 5.05. The molecule has 4 heteroatoms. The summed E-state index contributed by atoms with van der Waals surface area (Å²) in [7, 11) is 0. The van der Waals surface area contributed by atoms with Crippen LogP contribution in [0.2, 0.25) is 0 Å². The molecule has 0 radical (unpaired) electrons. The molecule has 0 aliphatic carbocycles. The van der Waals surface area contributed by atoms with Gasteiger partial charge in [-0.2, -0.15) is 0 Å². The summed E-state index contributed by atoms with van der Waals surface area (Å²) in [5, 5.41) is 9.37. The van der Waals surface area contributed by atoms with Crippen molar-refractivity contribution in [2.45, 2.75) is 57.4 Å². The molecule has 27 heavy (non-hydrogen) atoms. The summed E-state index contributed by atoms with van der Waals surface area (Å²) in [6.45, 7) is 4.80. The van der Waals surface area contributed by atoms with Gasteiger partial charge in [0.05, 0.1) is 0 Å². The number of hydrogen-bond donors (Lipinski definition) is 3. The molecule has 1 unspecified atom stereocenters.